The Kier molecular flexibility index (Phi) is 8.76. The minimum atomic E-state index is -0.515. The standard InChI is InChI=1S/C24H30O4/c1-4-10-22(18(2)25)19(3)28-24(26)16-15-21-13-8-9-14-23(21)27-17-20-11-6-5-7-12-20/h5-9,11-16,18-19,22,25H,4,10,17H2,1-3H3/t18-,19+,22?/m0/s1. The second kappa shape index (κ2) is 11.3. The third-order valence-corrected chi connectivity index (χ3v) is 4.70. The zero-order valence-corrected chi connectivity index (χ0v) is 16.9. The van der Waals surface area contributed by atoms with E-state index in [2.05, 4.69) is 6.92 Å². The summed E-state index contributed by atoms with van der Waals surface area (Å²) in [6.45, 7) is 6.08. The van der Waals surface area contributed by atoms with Crippen LogP contribution in [0.5, 0.6) is 5.75 Å². The Balaban J connectivity index is 1.98. The lowest BCUT2D eigenvalue weighted by atomic mass is 9.93. The van der Waals surface area contributed by atoms with E-state index in [4.69, 9.17) is 9.47 Å². The highest BCUT2D eigenvalue weighted by atomic mass is 16.5. The van der Waals surface area contributed by atoms with Gasteiger partial charge < -0.3 is 14.6 Å². The van der Waals surface area contributed by atoms with Gasteiger partial charge in [0.2, 0.25) is 0 Å². The number of hydrogen-bond acceptors (Lipinski definition) is 4. The topological polar surface area (TPSA) is 55.8 Å². The molecule has 0 fully saturated rings. The number of carbonyl (C=O) groups is 1. The zero-order valence-electron chi connectivity index (χ0n) is 16.9. The Morgan fingerprint density at radius 1 is 1.07 bits per heavy atom. The van der Waals surface area contributed by atoms with Gasteiger partial charge >= 0.3 is 5.97 Å². The SMILES string of the molecule is CCCC([C@H](C)O)[C@@H](C)OC(=O)C=Cc1ccccc1OCc1ccccc1. The molecule has 2 rings (SSSR count). The van der Waals surface area contributed by atoms with Gasteiger partial charge in [-0.3, -0.25) is 0 Å². The summed E-state index contributed by atoms with van der Waals surface area (Å²) >= 11 is 0. The van der Waals surface area contributed by atoms with E-state index in [1.165, 1.54) is 6.08 Å². The van der Waals surface area contributed by atoms with E-state index >= 15 is 0 Å². The smallest absolute Gasteiger partial charge is 0.331 e. The molecule has 0 aliphatic rings. The molecule has 0 aliphatic carbocycles. The molecule has 0 aliphatic heterocycles. The maximum Gasteiger partial charge on any atom is 0.331 e. The molecule has 0 radical (unpaired) electrons. The van der Waals surface area contributed by atoms with Gasteiger partial charge in [-0.05, 0) is 38.0 Å². The highest BCUT2D eigenvalue weighted by Crippen LogP contribution is 2.22. The van der Waals surface area contributed by atoms with Crippen LogP contribution in [0.4, 0.5) is 0 Å². The van der Waals surface area contributed by atoms with Gasteiger partial charge in [-0.15, -0.1) is 0 Å². The minimum Gasteiger partial charge on any atom is -0.488 e. The van der Waals surface area contributed by atoms with Gasteiger partial charge in [-0.1, -0.05) is 61.9 Å². The predicted molar refractivity (Wildman–Crippen MR) is 112 cm³/mol. The number of benzene rings is 2. The van der Waals surface area contributed by atoms with E-state index in [0.29, 0.717) is 12.4 Å². The number of carbonyl (C=O) groups excluding carboxylic acids is 1. The summed E-state index contributed by atoms with van der Waals surface area (Å²) in [7, 11) is 0. The van der Waals surface area contributed by atoms with Crippen molar-refractivity contribution < 1.29 is 19.4 Å². The third-order valence-electron chi connectivity index (χ3n) is 4.70. The zero-order chi connectivity index (χ0) is 20.4. The molecule has 150 valence electrons. The van der Waals surface area contributed by atoms with Crippen molar-refractivity contribution in [2.24, 2.45) is 5.92 Å². The molecular weight excluding hydrogens is 352 g/mol. The second-order valence-corrected chi connectivity index (χ2v) is 6.98. The molecule has 0 amide bonds. The Morgan fingerprint density at radius 3 is 2.43 bits per heavy atom. The quantitative estimate of drug-likeness (QED) is 0.464. The molecule has 4 heteroatoms. The number of para-hydroxylation sites is 1. The summed E-state index contributed by atoms with van der Waals surface area (Å²) in [5, 5.41) is 9.90. The molecule has 0 saturated heterocycles. The molecule has 0 saturated carbocycles. The van der Waals surface area contributed by atoms with Gasteiger partial charge in [-0.2, -0.15) is 0 Å². The fraction of sp³-hybridized carbons (Fsp3) is 0.375. The van der Waals surface area contributed by atoms with Crippen molar-refractivity contribution in [1.29, 1.82) is 0 Å². The lowest BCUT2D eigenvalue weighted by Gasteiger charge is -2.25. The normalized spacial score (nSPS) is 14.4. The number of esters is 1. The van der Waals surface area contributed by atoms with E-state index in [9.17, 15) is 9.90 Å². The van der Waals surface area contributed by atoms with E-state index in [-0.39, 0.29) is 12.0 Å². The van der Waals surface area contributed by atoms with Crippen LogP contribution in [0, 0.1) is 5.92 Å². The van der Waals surface area contributed by atoms with Crippen molar-refractivity contribution in [3.8, 4) is 5.75 Å². The molecule has 2 aromatic rings. The molecular formula is C24H30O4. The van der Waals surface area contributed by atoms with Crippen molar-refractivity contribution in [2.75, 3.05) is 0 Å². The fourth-order valence-electron chi connectivity index (χ4n) is 3.15. The van der Waals surface area contributed by atoms with Crippen LogP contribution < -0.4 is 4.74 Å². The van der Waals surface area contributed by atoms with Gasteiger partial charge in [-0.25, -0.2) is 4.79 Å². The van der Waals surface area contributed by atoms with Crippen LogP contribution >= 0.6 is 0 Å². The van der Waals surface area contributed by atoms with E-state index in [0.717, 1.165) is 24.0 Å². The van der Waals surface area contributed by atoms with E-state index < -0.39 is 12.1 Å². The Hall–Kier alpha value is -2.59. The van der Waals surface area contributed by atoms with Crippen molar-refractivity contribution >= 4 is 12.0 Å². The number of ether oxygens (including phenoxy) is 2. The lowest BCUT2D eigenvalue weighted by molar-refractivity contribution is -0.146. The third kappa shape index (κ3) is 6.86. The van der Waals surface area contributed by atoms with Crippen LogP contribution in [0.2, 0.25) is 0 Å². The first kappa shape index (κ1) is 21.7. The van der Waals surface area contributed by atoms with Crippen molar-refractivity contribution in [3.05, 3.63) is 71.8 Å². The fourth-order valence-corrected chi connectivity index (χ4v) is 3.15. The first-order valence-corrected chi connectivity index (χ1v) is 9.83. The monoisotopic (exact) mass is 382 g/mol. The van der Waals surface area contributed by atoms with Crippen molar-refractivity contribution in [1.82, 2.24) is 0 Å². The van der Waals surface area contributed by atoms with Crippen molar-refractivity contribution in [3.63, 3.8) is 0 Å². The summed E-state index contributed by atoms with van der Waals surface area (Å²) in [4.78, 5) is 12.2. The van der Waals surface area contributed by atoms with Gasteiger partial charge in [0.05, 0.1) is 6.10 Å². The average Bonchev–Trinajstić information content (AvgIpc) is 2.70. The van der Waals surface area contributed by atoms with Crippen LogP contribution in [0.25, 0.3) is 6.08 Å². The highest BCUT2D eigenvalue weighted by Gasteiger charge is 2.24. The number of aliphatic hydroxyl groups is 1. The van der Waals surface area contributed by atoms with Crippen LogP contribution in [0.1, 0.15) is 44.7 Å². The largest absolute Gasteiger partial charge is 0.488 e. The average molecular weight is 383 g/mol. The molecule has 0 spiro atoms. The summed E-state index contributed by atoms with van der Waals surface area (Å²) < 4.78 is 11.4. The number of hydrogen-bond donors (Lipinski definition) is 1. The Labute approximate surface area is 167 Å². The Morgan fingerprint density at radius 2 is 1.75 bits per heavy atom. The van der Waals surface area contributed by atoms with Gasteiger partial charge in [0.15, 0.2) is 0 Å². The van der Waals surface area contributed by atoms with Gasteiger partial charge in [0.25, 0.3) is 0 Å². The lowest BCUT2D eigenvalue weighted by Crippen LogP contribution is -2.31. The predicted octanol–water partition coefficient (Wildman–Crippen LogP) is 5.01. The van der Waals surface area contributed by atoms with Crippen LogP contribution in [0.15, 0.2) is 60.7 Å². The summed E-state index contributed by atoms with van der Waals surface area (Å²) in [5.41, 5.74) is 1.89. The molecule has 1 unspecified atom stereocenters. The summed E-state index contributed by atoms with van der Waals surface area (Å²) in [5.74, 6) is 0.215. The van der Waals surface area contributed by atoms with E-state index in [1.54, 1.807) is 13.0 Å². The maximum atomic E-state index is 12.2. The first-order valence-electron chi connectivity index (χ1n) is 9.83. The number of rotatable bonds is 10. The molecule has 0 heterocycles. The molecule has 1 N–H and O–H groups in total. The summed E-state index contributed by atoms with van der Waals surface area (Å²) in [6.07, 6.45) is 3.99. The van der Waals surface area contributed by atoms with Crippen molar-refractivity contribution in [2.45, 2.75) is 52.4 Å². The molecule has 2 aromatic carbocycles. The van der Waals surface area contributed by atoms with E-state index in [1.807, 2.05) is 61.5 Å². The van der Waals surface area contributed by atoms with Gasteiger partial charge in [0, 0.05) is 17.6 Å². The summed E-state index contributed by atoms with van der Waals surface area (Å²) in [6, 6.07) is 17.5. The highest BCUT2D eigenvalue weighted by molar-refractivity contribution is 5.87. The maximum absolute atomic E-state index is 12.2. The van der Waals surface area contributed by atoms with Crippen LogP contribution in [-0.4, -0.2) is 23.3 Å². The molecule has 0 aromatic heterocycles. The van der Waals surface area contributed by atoms with Crippen LogP contribution in [0.3, 0.4) is 0 Å². The number of aliphatic hydroxyl groups excluding tert-OH is 1. The van der Waals surface area contributed by atoms with Crippen LogP contribution in [-0.2, 0) is 16.1 Å². The molecule has 3 atom stereocenters. The second-order valence-electron chi connectivity index (χ2n) is 6.98. The minimum absolute atomic E-state index is 0.0659. The first-order chi connectivity index (χ1) is 13.5. The van der Waals surface area contributed by atoms with Gasteiger partial charge in [0.1, 0.15) is 18.5 Å². The Bertz CT molecular complexity index is 752. The molecule has 4 nitrogen and oxygen atoms in total. The molecule has 28 heavy (non-hydrogen) atoms. The molecule has 0 bridgehead atoms.